The number of nitrogens with one attached hydrogen (secondary N) is 1. The zero-order valence-electron chi connectivity index (χ0n) is 12.7. The molecule has 3 rings (SSSR count). The van der Waals surface area contributed by atoms with Gasteiger partial charge in [0.2, 0.25) is 5.91 Å². The van der Waals surface area contributed by atoms with E-state index in [1.165, 1.54) is 25.7 Å². The van der Waals surface area contributed by atoms with Gasteiger partial charge in [-0.2, -0.15) is 0 Å². The Hall–Kier alpha value is -2.17. The maximum absolute atomic E-state index is 12.0. The Kier molecular flexibility index (Phi) is 4.83. The Morgan fingerprint density at radius 1 is 1.23 bits per heavy atom. The molecule has 1 heterocycles. The number of hydrogen-bond acceptors (Lipinski definition) is 3. The number of amides is 1. The highest BCUT2D eigenvalue weighted by Crippen LogP contribution is 2.28. The van der Waals surface area contributed by atoms with Gasteiger partial charge in [-0.1, -0.05) is 43.9 Å². The molecule has 0 unspecified atom stereocenters. The van der Waals surface area contributed by atoms with E-state index >= 15 is 0 Å². The monoisotopic (exact) mass is 298 g/mol. The number of hydrogen-bond donors (Lipinski definition) is 1. The molecule has 1 amide bonds. The van der Waals surface area contributed by atoms with Crippen molar-refractivity contribution in [3.63, 3.8) is 0 Å². The van der Waals surface area contributed by atoms with Gasteiger partial charge < -0.3 is 5.32 Å². The van der Waals surface area contributed by atoms with Crippen molar-refractivity contribution < 1.29 is 4.79 Å². The molecule has 1 aromatic carbocycles. The molecule has 0 atom stereocenters. The normalized spacial score (nSPS) is 15.1. The van der Waals surface area contributed by atoms with Crippen LogP contribution < -0.4 is 5.32 Å². The maximum atomic E-state index is 12.0. The molecule has 1 saturated carbocycles. The highest BCUT2D eigenvalue weighted by molar-refractivity contribution is 5.75. The Balaban J connectivity index is 1.51. The zero-order chi connectivity index (χ0) is 15.2. The van der Waals surface area contributed by atoms with Gasteiger partial charge in [0.1, 0.15) is 6.33 Å². The van der Waals surface area contributed by atoms with Crippen LogP contribution in [0.4, 0.5) is 0 Å². The number of rotatable bonds is 6. The first kappa shape index (κ1) is 14.8. The molecule has 0 aliphatic heterocycles. The molecular formula is C17H22N4O. The molecule has 1 aromatic heterocycles. The topological polar surface area (TPSA) is 59.8 Å². The molecule has 1 aliphatic carbocycles. The summed E-state index contributed by atoms with van der Waals surface area (Å²) < 4.78 is 1.90. The van der Waals surface area contributed by atoms with Crippen LogP contribution in [0.25, 0.3) is 5.69 Å². The fraction of sp³-hybridized carbons (Fsp3) is 0.471. The van der Waals surface area contributed by atoms with Gasteiger partial charge in [-0.05, 0) is 24.5 Å². The van der Waals surface area contributed by atoms with Crippen LogP contribution in [0.5, 0.6) is 0 Å². The van der Waals surface area contributed by atoms with Crippen molar-refractivity contribution in [1.29, 1.82) is 0 Å². The Bertz CT molecular complexity index is 602. The highest BCUT2D eigenvalue weighted by Gasteiger charge is 2.16. The Labute approximate surface area is 130 Å². The molecule has 0 spiro atoms. The van der Waals surface area contributed by atoms with Gasteiger partial charge in [-0.3, -0.25) is 9.36 Å². The van der Waals surface area contributed by atoms with Gasteiger partial charge in [0.25, 0.3) is 0 Å². The summed E-state index contributed by atoms with van der Waals surface area (Å²) in [4.78, 5) is 12.0. The van der Waals surface area contributed by atoms with Crippen molar-refractivity contribution in [2.24, 2.45) is 5.92 Å². The fourth-order valence-electron chi connectivity index (χ4n) is 3.08. The minimum absolute atomic E-state index is 0.106. The molecule has 116 valence electrons. The van der Waals surface area contributed by atoms with E-state index in [0.29, 0.717) is 13.0 Å². The highest BCUT2D eigenvalue weighted by atomic mass is 16.1. The first-order valence-electron chi connectivity index (χ1n) is 8.04. The number of para-hydroxylation sites is 1. The molecular weight excluding hydrogens is 276 g/mol. The standard InChI is InChI=1S/C17H22N4O/c22-17(11-10-14-6-4-5-7-14)18-12-16-20-19-13-21(16)15-8-2-1-3-9-15/h1-3,8-9,13-14H,4-7,10-12H2,(H,18,22). The number of nitrogens with zero attached hydrogens (tertiary/aromatic N) is 3. The lowest BCUT2D eigenvalue weighted by atomic mass is 10.0. The van der Waals surface area contributed by atoms with E-state index in [-0.39, 0.29) is 5.91 Å². The molecule has 5 heteroatoms. The minimum atomic E-state index is 0.106. The summed E-state index contributed by atoms with van der Waals surface area (Å²) in [5.41, 5.74) is 1.00. The SMILES string of the molecule is O=C(CCC1CCCC1)NCc1nncn1-c1ccccc1. The van der Waals surface area contributed by atoms with Gasteiger partial charge in [-0.25, -0.2) is 0 Å². The molecule has 1 fully saturated rings. The second-order valence-corrected chi connectivity index (χ2v) is 5.92. The van der Waals surface area contributed by atoms with E-state index in [9.17, 15) is 4.79 Å². The lowest BCUT2D eigenvalue weighted by Gasteiger charge is -2.10. The summed E-state index contributed by atoms with van der Waals surface area (Å²) in [5.74, 6) is 1.61. The molecule has 0 saturated heterocycles. The summed E-state index contributed by atoms with van der Waals surface area (Å²) in [7, 11) is 0. The second kappa shape index (κ2) is 7.20. The van der Waals surface area contributed by atoms with Crippen molar-refractivity contribution in [2.45, 2.75) is 45.1 Å². The Morgan fingerprint density at radius 3 is 2.77 bits per heavy atom. The zero-order valence-corrected chi connectivity index (χ0v) is 12.7. The summed E-state index contributed by atoms with van der Waals surface area (Å²) in [6.45, 7) is 0.415. The largest absolute Gasteiger partial charge is 0.349 e. The van der Waals surface area contributed by atoms with Gasteiger partial charge >= 0.3 is 0 Å². The molecule has 2 aromatic rings. The lowest BCUT2D eigenvalue weighted by Crippen LogP contribution is -2.24. The van der Waals surface area contributed by atoms with Crippen LogP contribution in [0.2, 0.25) is 0 Å². The van der Waals surface area contributed by atoms with E-state index in [4.69, 9.17) is 0 Å². The third-order valence-corrected chi connectivity index (χ3v) is 4.35. The van der Waals surface area contributed by atoms with Crippen molar-refractivity contribution >= 4 is 5.91 Å². The average molecular weight is 298 g/mol. The van der Waals surface area contributed by atoms with Crippen LogP contribution >= 0.6 is 0 Å². The van der Waals surface area contributed by atoms with Gasteiger partial charge in [0.05, 0.1) is 6.54 Å². The number of carbonyl (C=O) groups excluding carboxylic acids is 1. The van der Waals surface area contributed by atoms with Crippen LogP contribution in [0.1, 0.15) is 44.3 Å². The second-order valence-electron chi connectivity index (χ2n) is 5.92. The maximum Gasteiger partial charge on any atom is 0.220 e. The molecule has 0 bridgehead atoms. The van der Waals surface area contributed by atoms with Crippen LogP contribution in [-0.2, 0) is 11.3 Å². The number of benzene rings is 1. The number of carbonyl (C=O) groups is 1. The van der Waals surface area contributed by atoms with Crippen LogP contribution in [-0.4, -0.2) is 20.7 Å². The third kappa shape index (κ3) is 3.72. The predicted octanol–water partition coefficient (Wildman–Crippen LogP) is 2.85. The summed E-state index contributed by atoms with van der Waals surface area (Å²) in [5, 5.41) is 11.0. The van der Waals surface area contributed by atoms with E-state index in [0.717, 1.165) is 23.9 Å². The van der Waals surface area contributed by atoms with Crippen molar-refractivity contribution in [3.05, 3.63) is 42.5 Å². The third-order valence-electron chi connectivity index (χ3n) is 4.35. The van der Waals surface area contributed by atoms with Crippen molar-refractivity contribution in [1.82, 2.24) is 20.1 Å². The van der Waals surface area contributed by atoms with E-state index < -0.39 is 0 Å². The molecule has 1 aliphatic rings. The van der Waals surface area contributed by atoms with Gasteiger partial charge in [-0.15, -0.1) is 10.2 Å². The quantitative estimate of drug-likeness (QED) is 0.892. The van der Waals surface area contributed by atoms with Crippen molar-refractivity contribution in [3.8, 4) is 5.69 Å². The summed E-state index contributed by atoms with van der Waals surface area (Å²) in [6, 6.07) is 9.90. The van der Waals surface area contributed by atoms with E-state index in [2.05, 4.69) is 15.5 Å². The smallest absolute Gasteiger partial charge is 0.220 e. The summed E-state index contributed by atoms with van der Waals surface area (Å²) in [6.07, 6.45) is 8.53. The van der Waals surface area contributed by atoms with Crippen LogP contribution in [0, 0.1) is 5.92 Å². The van der Waals surface area contributed by atoms with Crippen LogP contribution in [0.3, 0.4) is 0 Å². The Morgan fingerprint density at radius 2 is 2.00 bits per heavy atom. The fourth-order valence-corrected chi connectivity index (χ4v) is 3.08. The molecule has 0 radical (unpaired) electrons. The molecule has 22 heavy (non-hydrogen) atoms. The minimum Gasteiger partial charge on any atom is -0.349 e. The molecule has 1 N–H and O–H groups in total. The van der Waals surface area contributed by atoms with Gasteiger partial charge in [0.15, 0.2) is 5.82 Å². The first-order valence-corrected chi connectivity index (χ1v) is 8.04. The average Bonchev–Trinajstić information content (AvgIpc) is 3.23. The lowest BCUT2D eigenvalue weighted by molar-refractivity contribution is -0.121. The number of aromatic nitrogens is 3. The predicted molar refractivity (Wildman–Crippen MR) is 84.4 cm³/mol. The summed E-state index contributed by atoms with van der Waals surface area (Å²) >= 11 is 0. The first-order chi connectivity index (χ1) is 10.8. The van der Waals surface area contributed by atoms with Crippen LogP contribution in [0.15, 0.2) is 36.7 Å². The van der Waals surface area contributed by atoms with E-state index in [1.54, 1.807) is 6.33 Å². The molecule has 5 nitrogen and oxygen atoms in total. The van der Waals surface area contributed by atoms with E-state index in [1.807, 2.05) is 34.9 Å². The van der Waals surface area contributed by atoms with Crippen molar-refractivity contribution in [2.75, 3.05) is 0 Å². The van der Waals surface area contributed by atoms with Gasteiger partial charge in [0, 0.05) is 12.1 Å².